The zero-order valence-electron chi connectivity index (χ0n) is 13.5. The maximum absolute atomic E-state index is 11.6. The summed E-state index contributed by atoms with van der Waals surface area (Å²) in [7, 11) is 0. The SMILES string of the molecule is CC(=O)c1ccc(OC2CCCCO2)c(CC=C(C)C)c1O. The molecule has 0 aromatic heterocycles. The van der Waals surface area contributed by atoms with Crippen molar-refractivity contribution < 1.29 is 19.4 Å². The van der Waals surface area contributed by atoms with Crippen LogP contribution in [0.1, 0.15) is 56.0 Å². The lowest BCUT2D eigenvalue weighted by atomic mass is 10.0. The average molecular weight is 304 g/mol. The third kappa shape index (κ3) is 4.10. The number of rotatable bonds is 5. The lowest BCUT2D eigenvalue weighted by Gasteiger charge is -2.25. The largest absolute Gasteiger partial charge is 0.507 e. The van der Waals surface area contributed by atoms with Crippen molar-refractivity contribution in [2.75, 3.05) is 6.61 Å². The van der Waals surface area contributed by atoms with Crippen molar-refractivity contribution in [3.05, 3.63) is 34.9 Å². The van der Waals surface area contributed by atoms with Gasteiger partial charge in [0.25, 0.3) is 0 Å². The fourth-order valence-electron chi connectivity index (χ4n) is 2.46. The number of Topliss-reactive ketones (excluding diaryl/α,β-unsaturated/α-hetero) is 1. The van der Waals surface area contributed by atoms with Crippen molar-refractivity contribution in [1.82, 2.24) is 0 Å². The molecule has 1 atom stereocenters. The molecular weight excluding hydrogens is 280 g/mol. The predicted octanol–water partition coefficient (Wildman–Crippen LogP) is 4.01. The summed E-state index contributed by atoms with van der Waals surface area (Å²) in [5, 5.41) is 10.4. The lowest BCUT2D eigenvalue weighted by molar-refractivity contribution is -0.106. The molecule has 1 aromatic rings. The van der Waals surface area contributed by atoms with Crippen molar-refractivity contribution >= 4 is 5.78 Å². The smallest absolute Gasteiger partial charge is 0.199 e. The summed E-state index contributed by atoms with van der Waals surface area (Å²) < 4.78 is 11.5. The Morgan fingerprint density at radius 2 is 2.14 bits per heavy atom. The quantitative estimate of drug-likeness (QED) is 0.659. The Hall–Kier alpha value is -1.81. The molecule has 4 nitrogen and oxygen atoms in total. The van der Waals surface area contributed by atoms with Crippen LogP contribution in [0.25, 0.3) is 0 Å². The van der Waals surface area contributed by atoms with Crippen LogP contribution in [0.15, 0.2) is 23.8 Å². The second-order valence-corrected chi connectivity index (χ2v) is 5.89. The molecule has 1 fully saturated rings. The maximum atomic E-state index is 11.6. The number of hydrogen-bond donors (Lipinski definition) is 1. The Kier molecular flexibility index (Phi) is 5.61. The van der Waals surface area contributed by atoms with Gasteiger partial charge in [-0.05, 0) is 52.2 Å². The van der Waals surface area contributed by atoms with Crippen LogP contribution in [0.5, 0.6) is 11.5 Å². The summed E-state index contributed by atoms with van der Waals surface area (Å²) in [5.41, 5.74) is 2.12. The third-order valence-corrected chi connectivity index (χ3v) is 3.73. The molecule has 1 aliphatic rings. The van der Waals surface area contributed by atoms with Gasteiger partial charge >= 0.3 is 0 Å². The minimum Gasteiger partial charge on any atom is -0.507 e. The molecule has 2 rings (SSSR count). The molecule has 0 saturated carbocycles. The van der Waals surface area contributed by atoms with E-state index in [0.717, 1.165) is 24.8 Å². The molecule has 4 heteroatoms. The molecule has 1 aliphatic heterocycles. The Morgan fingerprint density at radius 3 is 2.73 bits per heavy atom. The van der Waals surface area contributed by atoms with E-state index >= 15 is 0 Å². The van der Waals surface area contributed by atoms with E-state index in [-0.39, 0.29) is 17.8 Å². The van der Waals surface area contributed by atoms with Crippen LogP contribution in [0, 0.1) is 0 Å². The van der Waals surface area contributed by atoms with E-state index in [0.29, 0.717) is 29.9 Å². The highest BCUT2D eigenvalue weighted by atomic mass is 16.7. The predicted molar refractivity (Wildman–Crippen MR) is 85.5 cm³/mol. The van der Waals surface area contributed by atoms with Crippen LogP contribution in [0.2, 0.25) is 0 Å². The molecule has 1 saturated heterocycles. The number of carbonyl (C=O) groups is 1. The van der Waals surface area contributed by atoms with Crippen LogP contribution in [0.3, 0.4) is 0 Å². The van der Waals surface area contributed by atoms with E-state index in [4.69, 9.17) is 9.47 Å². The number of hydrogen-bond acceptors (Lipinski definition) is 4. The molecule has 1 heterocycles. The van der Waals surface area contributed by atoms with Crippen LogP contribution in [-0.4, -0.2) is 23.8 Å². The Morgan fingerprint density at radius 1 is 1.36 bits per heavy atom. The van der Waals surface area contributed by atoms with Crippen LogP contribution in [-0.2, 0) is 11.2 Å². The molecule has 22 heavy (non-hydrogen) atoms. The molecule has 1 N–H and O–H groups in total. The van der Waals surface area contributed by atoms with Crippen molar-refractivity contribution in [3.8, 4) is 11.5 Å². The van der Waals surface area contributed by atoms with Gasteiger partial charge in [0.15, 0.2) is 12.1 Å². The van der Waals surface area contributed by atoms with E-state index in [1.54, 1.807) is 12.1 Å². The van der Waals surface area contributed by atoms with Gasteiger partial charge in [0, 0.05) is 12.0 Å². The highest BCUT2D eigenvalue weighted by Crippen LogP contribution is 2.34. The summed E-state index contributed by atoms with van der Waals surface area (Å²) in [6.07, 6.45) is 5.23. The second-order valence-electron chi connectivity index (χ2n) is 5.89. The number of ether oxygens (including phenoxy) is 2. The first kappa shape index (κ1) is 16.6. The number of benzene rings is 1. The normalized spacial score (nSPS) is 17.9. The summed E-state index contributed by atoms with van der Waals surface area (Å²) in [6.45, 7) is 6.14. The maximum Gasteiger partial charge on any atom is 0.199 e. The van der Waals surface area contributed by atoms with Crippen molar-refractivity contribution in [2.24, 2.45) is 0 Å². The summed E-state index contributed by atoms with van der Waals surface area (Å²) in [5.74, 6) is 0.446. The number of phenols is 1. The third-order valence-electron chi connectivity index (χ3n) is 3.73. The summed E-state index contributed by atoms with van der Waals surface area (Å²) in [6, 6.07) is 3.37. The average Bonchev–Trinajstić information content (AvgIpc) is 2.47. The van der Waals surface area contributed by atoms with Crippen molar-refractivity contribution in [1.29, 1.82) is 0 Å². The fourth-order valence-corrected chi connectivity index (χ4v) is 2.46. The summed E-state index contributed by atoms with van der Waals surface area (Å²) in [4.78, 5) is 11.6. The number of ketones is 1. The highest BCUT2D eigenvalue weighted by molar-refractivity contribution is 5.97. The molecular formula is C18H24O4. The van der Waals surface area contributed by atoms with E-state index < -0.39 is 0 Å². The first-order chi connectivity index (χ1) is 10.5. The van der Waals surface area contributed by atoms with E-state index in [9.17, 15) is 9.90 Å². The van der Waals surface area contributed by atoms with E-state index in [1.165, 1.54) is 6.92 Å². The topological polar surface area (TPSA) is 55.8 Å². The zero-order valence-corrected chi connectivity index (χ0v) is 13.5. The van der Waals surface area contributed by atoms with Gasteiger partial charge in [-0.3, -0.25) is 4.79 Å². The monoisotopic (exact) mass is 304 g/mol. The van der Waals surface area contributed by atoms with Gasteiger partial charge in [-0.2, -0.15) is 0 Å². The first-order valence-electron chi connectivity index (χ1n) is 7.76. The second kappa shape index (κ2) is 7.45. The Balaban J connectivity index is 2.32. The summed E-state index contributed by atoms with van der Waals surface area (Å²) >= 11 is 0. The van der Waals surface area contributed by atoms with Crippen LogP contribution >= 0.6 is 0 Å². The molecule has 0 bridgehead atoms. The molecule has 0 radical (unpaired) electrons. The Bertz CT molecular complexity index is 565. The van der Waals surface area contributed by atoms with Gasteiger partial charge in [-0.1, -0.05) is 11.6 Å². The van der Waals surface area contributed by atoms with Gasteiger partial charge in [-0.15, -0.1) is 0 Å². The van der Waals surface area contributed by atoms with Crippen molar-refractivity contribution in [3.63, 3.8) is 0 Å². The molecule has 1 unspecified atom stereocenters. The minimum absolute atomic E-state index is 0.0123. The number of phenolic OH excluding ortho intramolecular Hbond substituents is 1. The van der Waals surface area contributed by atoms with Crippen molar-refractivity contribution in [2.45, 2.75) is 52.7 Å². The highest BCUT2D eigenvalue weighted by Gasteiger charge is 2.20. The number of carbonyl (C=O) groups excluding carboxylic acids is 1. The first-order valence-corrected chi connectivity index (χ1v) is 7.76. The molecule has 0 amide bonds. The van der Waals surface area contributed by atoms with Gasteiger partial charge in [0.2, 0.25) is 0 Å². The molecule has 120 valence electrons. The fraction of sp³-hybridized carbons (Fsp3) is 0.500. The standard InChI is InChI=1S/C18H24O4/c1-12(2)7-8-15-16(22-17-6-4-5-11-21-17)10-9-14(13(3)19)18(15)20/h7,9-10,17,20H,4-6,8,11H2,1-3H3. The lowest BCUT2D eigenvalue weighted by Crippen LogP contribution is -2.25. The zero-order chi connectivity index (χ0) is 16.1. The minimum atomic E-state index is -0.276. The van der Waals surface area contributed by atoms with E-state index in [2.05, 4.69) is 0 Å². The number of allylic oxidation sites excluding steroid dienone is 2. The van der Waals surface area contributed by atoms with Gasteiger partial charge in [-0.25, -0.2) is 0 Å². The molecule has 0 spiro atoms. The van der Waals surface area contributed by atoms with E-state index in [1.807, 2.05) is 19.9 Å². The molecule has 1 aromatic carbocycles. The van der Waals surface area contributed by atoms with Crippen LogP contribution < -0.4 is 4.74 Å². The van der Waals surface area contributed by atoms with Gasteiger partial charge in [0.1, 0.15) is 11.5 Å². The van der Waals surface area contributed by atoms with Gasteiger partial charge < -0.3 is 14.6 Å². The molecule has 0 aliphatic carbocycles. The van der Waals surface area contributed by atoms with Crippen LogP contribution in [0.4, 0.5) is 0 Å². The Labute approximate surface area is 131 Å². The van der Waals surface area contributed by atoms with Gasteiger partial charge in [0.05, 0.1) is 12.2 Å². The number of aromatic hydroxyl groups is 1.